The summed E-state index contributed by atoms with van der Waals surface area (Å²) in [5.41, 5.74) is 2.57. The summed E-state index contributed by atoms with van der Waals surface area (Å²) in [5.74, 6) is 0.0522. The lowest BCUT2D eigenvalue weighted by Gasteiger charge is -2.34. The number of benzene rings is 2. The molecule has 0 bridgehead atoms. The molecule has 0 aromatic heterocycles. The topological polar surface area (TPSA) is 52.7 Å². The Morgan fingerprint density at radius 2 is 1.56 bits per heavy atom. The first kappa shape index (κ1) is 17.2. The van der Waals surface area contributed by atoms with Crippen molar-refractivity contribution in [3.8, 4) is 0 Å². The molecule has 0 atom stereocenters. The molecule has 3 rings (SSSR count). The van der Waals surface area contributed by atoms with E-state index in [0.29, 0.717) is 32.7 Å². The monoisotopic (exact) mass is 337 g/mol. The van der Waals surface area contributed by atoms with Gasteiger partial charge < -0.3 is 10.2 Å². The number of rotatable bonds is 4. The number of aryl methyl sites for hydroxylation is 1. The molecule has 1 aliphatic rings. The van der Waals surface area contributed by atoms with Crippen LogP contribution in [0, 0.1) is 6.92 Å². The largest absolute Gasteiger partial charge is 0.336 e. The fourth-order valence-electron chi connectivity index (χ4n) is 3.02. The molecule has 130 valence electrons. The molecule has 0 saturated carbocycles. The third-order valence-electron chi connectivity index (χ3n) is 4.46. The zero-order chi connectivity index (χ0) is 17.6. The van der Waals surface area contributed by atoms with Crippen molar-refractivity contribution in [1.29, 1.82) is 0 Å². The van der Waals surface area contributed by atoms with Crippen molar-refractivity contribution in [2.24, 2.45) is 0 Å². The van der Waals surface area contributed by atoms with Gasteiger partial charge in [0.2, 0.25) is 5.91 Å². The molecule has 0 spiro atoms. The van der Waals surface area contributed by atoms with Crippen LogP contribution in [-0.2, 0) is 4.79 Å². The Morgan fingerprint density at radius 1 is 0.920 bits per heavy atom. The maximum Gasteiger partial charge on any atom is 0.254 e. The zero-order valence-electron chi connectivity index (χ0n) is 14.4. The van der Waals surface area contributed by atoms with E-state index >= 15 is 0 Å². The first-order valence-electron chi connectivity index (χ1n) is 8.55. The highest BCUT2D eigenvalue weighted by Gasteiger charge is 2.23. The second-order valence-electron chi connectivity index (χ2n) is 6.30. The van der Waals surface area contributed by atoms with Crippen molar-refractivity contribution in [3.05, 3.63) is 65.7 Å². The lowest BCUT2D eigenvalue weighted by Crippen LogP contribution is -2.50. The molecule has 5 nitrogen and oxygen atoms in total. The number of hydrogen-bond donors (Lipinski definition) is 1. The minimum Gasteiger partial charge on any atom is -0.336 e. The molecule has 0 radical (unpaired) electrons. The molecule has 1 saturated heterocycles. The summed E-state index contributed by atoms with van der Waals surface area (Å²) in [4.78, 5) is 28.7. The van der Waals surface area contributed by atoms with Gasteiger partial charge in [-0.1, -0.05) is 36.4 Å². The summed E-state index contributed by atoms with van der Waals surface area (Å²) < 4.78 is 0. The van der Waals surface area contributed by atoms with Gasteiger partial charge in [0.05, 0.1) is 6.54 Å². The summed E-state index contributed by atoms with van der Waals surface area (Å²) in [6.07, 6.45) is 0. The first-order valence-corrected chi connectivity index (χ1v) is 8.55. The Bertz CT molecular complexity index is 738. The summed E-state index contributed by atoms with van der Waals surface area (Å²) in [6, 6.07) is 17.1. The molecule has 5 heteroatoms. The third kappa shape index (κ3) is 4.45. The van der Waals surface area contributed by atoms with Crippen LogP contribution in [0.5, 0.6) is 0 Å². The van der Waals surface area contributed by atoms with E-state index in [9.17, 15) is 9.59 Å². The number of hydrogen-bond acceptors (Lipinski definition) is 3. The van der Waals surface area contributed by atoms with Gasteiger partial charge in [-0.2, -0.15) is 0 Å². The predicted octanol–water partition coefficient (Wildman–Crippen LogP) is 2.39. The van der Waals surface area contributed by atoms with Crippen LogP contribution in [0.15, 0.2) is 54.6 Å². The van der Waals surface area contributed by atoms with Crippen LogP contribution in [0.2, 0.25) is 0 Å². The van der Waals surface area contributed by atoms with Crippen molar-refractivity contribution in [3.63, 3.8) is 0 Å². The highest BCUT2D eigenvalue weighted by atomic mass is 16.2. The van der Waals surface area contributed by atoms with Crippen LogP contribution in [0.4, 0.5) is 5.69 Å². The number of piperazine rings is 1. The quantitative estimate of drug-likeness (QED) is 0.932. The third-order valence-corrected chi connectivity index (χ3v) is 4.46. The van der Waals surface area contributed by atoms with Crippen LogP contribution in [0.1, 0.15) is 15.9 Å². The van der Waals surface area contributed by atoms with Crippen molar-refractivity contribution in [1.82, 2.24) is 9.80 Å². The highest BCUT2D eigenvalue weighted by Crippen LogP contribution is 2.13. The number of carbonyl (C=O) groups excluding carboxylic acids is 2. The lowest BCUT2D eigenvalue weighted by atomic mass is 10.1. The summed E-state index contributed by atoms with van der Waals surface area (Å²) in [6.45, 7) is 5.01. The number of nitrogens with zero attached hydrogens (tertiary/aromatic N) is 2. The normalized spacial score (nSPS) is 15.0. The van der Waals surface area contributed by atoms with E-state index in [1.54, 1.807) is 0 Å². The molecule has 0 unspecified atom stereocenters. The van der Waals surface area contributed by atoms with Gasteiger partial charge in [-0.05, 0) is 30.7 Å². The van der Waals surface area contributed by atoms with Crippen LogP contribution in [0.25, 0.3) is 0 Å². The minimum absolute atomic E-state index is 0.0233. The summed E-state index contributed by atoms with van der Waals surface area (Å²) >= 11 is 0. The van der Waals surface area contributed by atoms with Crippen LogP contribution >= 0.6 is 0 Å². The standard InChI is InChI=1S/C20H23N3O2/c1-16-7-5-6-10-18(16)20(25)23-13-11-22(12-14-23)15-19(24)21-17-8-3-2-4-9-17/h2-10H,11-15H2,1H3,(H,21,24). The van der Waals surface area contributed by atoms with Gasteiger partial charge in [0.25, 0.3) is 5.91 Å². The van der Waals surface area contributed by atoms with E-state index in [-0.39, 0.29) is 11.8 Å². The Morgan fingerprint density at radius 3 is 2.24 bits per heavy atom. The fourth-order valence-corrected chi connectivity index (χ4v) is 3.02. The van der Waals surface area contributed by atoms with Crippen molar-refractivity contribution in [2.45, 2.75) is 6.92 Å². The highest BCUT2D eigenvalue weighted by molar-refractivity contribution is 5.95. The number of nitrogens with one attached hydrogen (secondary N) is 1. The second-order valence-corrected chi connectivity index (χ2v) is 6.30. The maximum absolute atomic E-state index is 12.6. The number of para-hydroxylation sites is 1. The minimum atomic E-state index is -0.0233. The molecule has 2 amide bonds. The van der Waals surface area contributed by atoms with Crippen LogP contribution in [-0.4, -0.2) is 54.3 Å². The average molecular weight is 337 g/mol. The SMILES string of the molecule is Cc1ccccc1C(=O)N1CCN(CC(=O)Nc2ccccc2)CC1. The fraction of sp³-hybridized carbons (Fsp3) is 0.300. The van der Waals surface area contributed by atoms with E-state index in [1.807, 2.05) is 66.4 Å². The molecule has 25 heavy (non-hydrogen) atoms. The van der Waals surface area contributed by atoms with Gasteiger partial charge in [0.15, 0.2) is 0 Å². The Hall–Kier alpha value is -2.66. The van der Waals surface area contributed by atoms with Crippen molar-refractivity contribution >= 4 is 17.5 Å². The molecule has 1 fully saturated rings. The van der Waals surface area contributed by atoms with Gasteiger partial charge in [0.1, 0.15) is 0 Å². The Kier molecular flexibility index (Phi) is 5.46. The Balaban J connectivity index is 1.49. The van der Waals surface area contributed by atoms with Crippen LogP contribution < -0.4 is 5.32 Å². The molecule has 2 aromatic carbocycles. The molecule has 2 aromatic rings. The summed E-state index contributed by atoms with van der Waals surface area (Å²) in [7, 11) is 0. The molecule has 1 aliphatic heterocycles. The molecule has 1 heterocycles. The van der Waals surface area contributed by atoms with Gasteiger partial charge in [-0.15, -0.1) is 0 Å². The smallest absolute Gasteiger partial charge is 0.254 e. The van der Waals surface area contributed by atoms with Crippen molar-refractivity contribution in [2.75, 3.05) is 38.0 Å². The van der Waals surface area contributed by atoms with Gasteiger partial charge in [-0.25, -0.2) is 0 Å². The predicted molar refractivity (Wildman–Crippen MR) is 98.6 cm³/mol. The number of anilines is 1. The van der Waals surface area contributed by atoms with Gasteiger partial charge in [-0.3, -0.25) is 14.5 Å². The van der Waals surface area contributed by atoms with E-state index in [4.69, 9.17) is 0 Å². The molecule has 1 N–H and O–H groups in total. The van der Waals surface area contributed by atoms with Gasteiger partial charge in [0, 0.05) is 37.4 Å². The first-order chi connectivity index (χ1) is 12.1. The van der Waals surface area contributed by atoms with Crippen molar-refractivity contribution < 1.29 is 9.59 Å². The maximum atomic E-state index is 12.6. The zero-order valence-corrected chi connectivity index (χ0v) is 14.4. The number of carbonyl (C=O) groups is 2. The lowest BCUT2D eigenvalue weighted by molar-refractivity contribution is -0.117. The van der Waals surface area contributed by atoms with Gasteiger partial charge >= 0.3 is 0 Å². The second kappa shape index (κ2) is 7.94. The molecule has 0 aliphatic carbocycles. The van der Waals surface area contributed by atoms with E-state index in [2.05, 4.69) is 10.2 Å². The Labute approximate surface area is 148 Å². The average Bonchev–Trinajstić information content (AvgIpc) is 2.63. The van der Waals surface area contributed by atoms with Crippen LogP contribution in [0.3, 0.4) is 0 Å². The summed E-state index contributed by atoms with van der Waals surface area (Å²) in [5, 5.41) is 2.90. The van der Waals surface area contributed by atoms with E-state index < -0.39 is 0 Å². The van der Waals surface area contributed by atoms with E-state index in [0.717, 1.165) is 16.8 Å². The number of amides is 2. The molecular formula is C20H23N3O2. The van der Waals surface area contributed by atoms with E-state index in [1.165, 1.54) is 0 Å². The molecular weight excluding hydrogens is 314 g/mol.